The van der Waals surface area contributed by atoms with Crippen LogP contribution in [-0.4, -0.2) is 25.5 Å². The molecular formula is C11H13ClN2O. The molecular weight excluding hydrogens is 212 g/mol. The fraction of sp³-hybridized carbons (Fsp3) is 0.364. The molecule has 1 saturated heterocycles. The largest absolute Gasteiger partial charge is 0.314 e. The summed E-state index contributed by atoms with van der Waals surface area (Å²) in [4.78, 5) is 13.6. The summed E-state index contributed by atoms with van der Waals surface area (Å²) in [7, 11) is 0. The third-order valence-corrected chi connectivity index (χ3v) is 2.68. The summed E-state index contributed by atoms with van der Waals surface area (Å²) in [5.41, 5.74) is 0.885. The second-order valence-corrected chi connectivity index (χ2v) is 3.96. The van der Waals surface area contributed by atoms with E-state index in [0.717, 1.165) is 18.8 Å². The Morgan fingerprint density at radius 3 is 3.00 bits per heavy atom. The molecule has 4 heteroatoms. The van der Waals surface area contributed by atoms with Crippen molar-refractivity contribution in [2.24, 2.45) is 0 Å². The molecule has 0 saturated carbocycles. The second-order valence-electron chi connectivity index (χ2n) is 3.53. The molecule has 1 aromatic rings. The Balaban J connectivity index is 2.24. The Hall–Kier alpha value is -1.06. The van der Waals surface area contributed by atoms with E-state index in [1.807, 2.05) is 24.3 Å². The van der Waals surface area contributed by atoms with E-state index >= 15 is 0 Å². The molecule has 80 valence electrons. The van der Waals surface area contributed by atoms with Crippen LogP contribution < -0.4 is 10.2 Å². The summed E-state index contributed by atoms with van der Waals surface area (Å²) >= 11 is 5.90. The van der Waals surface area contributed by atoms with Crippen molar-refractivity contribution >= 4 is 23.2 Å². The zero-order valence-electron chi connectivity index (χ0n) is 8.37. The van der Waals surface area contributed by atoms with E-state index in [2.05, 4.69) is 5.32 Å². The maximum Gasteiger partial charge on any atom is 0.228 e. The minimum atomic E-state index is 0.155. The minimum absolute atomic E-state index is 0.155. The molecule has 0 spiro atoms. The van der Waals surface area contributed by atoms with Crippen LogP contribution in [0.4, 0.5) is 5.69 Å². The van der Waals surface area contributed by atoms with Crippen molar-refractivity contribution in [3.63, 3.8) is 0 Å². The van der Waals surface area contributed by atoms with E-state index in [0.29, 0.717) is 18.0 Å². The molecule has 3 nitrogen and oxygen atoms in total. The van der Waals surface area contributed by atoms with Gasteiger partial charge >= 0.3 is 0 Å². The van der Waals surface area contributed by atoms with Gasteiger partial charge in [-0.05, 0) is 18.2 Å². The van der Waals surface area contributed by atoms with E-state index < -0.39 is 0 Å². The van der Waals surface area contributed by atoms with Gasteiger partial charge in [-0.3, -0.25) is 4.79 Å². The molecule has 0 atom stereocenters. The molecule has 0 unspecified atom stereocenters. The molecule has 1 fully saturated rings. The summed E-state index contributed by atoms with van der Waals surface area (Å²) in [6, 6.07) is 7.41. The fourth-order valence-electron chi connectivity index (χ4n) is 1.69. The first-order valence-electron chi connectivity index (χ1n) is 5.04. The van der Waals surface area contributed by atoms with Crippen LogP contribution in [0.5, 0.6) is 0 Å². The summed E-state index contributed by atoms with van der Waals surface area (Å²) in [5.74, 6) is 0.155. The molecule has 2 rings (SSSR count). The van der Waals surface area contributed by atoms with Crippen LogP contribution in [0.2, 0.25) is 5.02 Å². The molecule has 0 aromatic heterocycles. The van der Waals surface area contributed by atoms with Crippen LogP contribution in [0.3, 0.4) is 0 Å². The average molecular weight is 225 g/mol. The Morgan fingerprint density at radius 2 is 2.20 bits per heavy atom. The normalized spacial score (nSPS) is 17.7. The Labute approximate surface area is 94.0 Å². The number of nitrogens with zero attached hydrogens (tertiary/aromatic N) is 1. The average Bonchev–Trinajstić information content (AvgIpc) is 2.43. The van der Waals surface area contributed by atoms with Gasteiger partial charge in [0.2, 0.25) is 5.91 Å². The van der Waals surface area contributed by atoms with Gasteiger partial charge < -0.3 is 10.2 Å². The van der Waals surface area contributed by atoms with Crippen LogP contribution >= 0.6 is 11.6 Å². The van der Waals surface area contributed by atoms with Crippen LogP contribution in [0.25, 0.3) is 0 Å². The maximum absolute atomic E-state index is 11.8. The van der Waals surface area contributed by atoms with Gasteiger partial charge in [-0.25, -0.2) is 0 Å². The van der Waals surface area contributed by atoms with Crippen molar-refractivity contribution in [2.45, 2.75) is 6.42 Å². The van der Waals surface area contributed by atoms with Gasteiger partial charge in [-0.15, -0.1) is 0 Å². The van der Waals surface area contributed by atoms with Crippen molar-refractivity contribution < 1.29 is 4.79 Å². The molecule has 1 aromatic carbocycles. The summed E-state index contributed by atoms with van der Waals surface area (Å²) in [6.45, 7) is 2.30. The monoisotopic (exact) mass is 224 g/mol. The third-order valence-electron chi connectivity index (χ3n) is 2.45. The molecule has 1 heterocycles. The molecule has 0 radical (unpaired) electrons. The highest BCUT2D eigenvalue weighted by Crippen LogP contribution is 2.20. The molecule has 0 bridgehead atoms. The molecule has 1 N–H and O–H groups in total. The number of anilines is 1. The molecule has 15 heavy (non-hydrogen) atoms. The van der Waals surface area contributed by atoms with E-state index in [-0.39, 0.29) is 5.91 Å². The standard InChI is InChI=1S/C11H13ClN2O/c12-9-2-1-3-10(8-9)14-7-6-13-5-4-11(14)15/h1-3,8,13H,4-7H2. The van der Waals surface area contributed by atoms with E-state index in [9.17, 15) is 4.79 Å². The highest BCUT2D eigenvalue weighted by molar-refractivity contribution is 6.30. The van der Waals surface area contributed by atoms with Crippen LogP contribution in [0.15, 0.2) is 24.3 Å². The van der Waals surface area contributed by atoms with Gasteiger partial charge in [-0.1, -0.05) is 17.7 Å². The van der Waals surface area contributed by atoms with Crippen molar-refractivity contribution in [3.05, 3.63) is 29.3 Å². The summed E-state index contributed by atoms with van der Waals surface area (Å²) in [5, 5.41) is 3.86. The van der Waals surface area contributed by atoms with Gasteiger partial charge in [0.25, 0.3) is 0 Å². The van der Waals surface area contributed by atoms with Gasteiger partial charge in [0.05, 0.1) is 0 Å². The number of hydrogen-bond acceptors (Lipinski definition) is 2. The molecule has 1 aliphatic rings. The number of amides is 1. The first kappa shape index (κ1) is 10.5. The van der Waals surface area contributed by atoms with E-state index in [1.54, 1.807) is 4.90 Å². The van der Waals surface area contributed by atoms with Gasteiger partial charge in [0, 0.05) is 36.8 Å². The van der Waals surface area contributed by atoms with Gasteiger partial charge in [-0.2, -0.15) is 0 Å². The number of carbonyl (C=O) groups is 1. The highest BCUT2D eigenvalue weighted by atomic mass is 35.5. The number of nitrogens with one attached hydrogen (secondary N) is 1. The number of hydrogen-bond donors (Lipinski definition) is 1. The molecule has 1 amide bonds. The fourth-order valence-corrected chi connectivity index (χ4v) is 1.87. The summed E-state index contributed by atoms with van der Waals surface area (Å²) in [6.07, 6.45) is 0.548. The first-order valence-corrected chi connectivity index (χ1v) is 5.42. The minimum Gasteiger partial charge on any atom is -0.314 e. The lowest BCUT2D eigenvalue weighted by molar-refractivity contribution is -0.118. The van der Waals surface area contributed by atoms with Crippen molar-refractivity contribution in [1.82, 2.24) is 5.32 Å². The summed E-state index contributed by atoms with van der Waals surface area (Å²) < 4.78 is 0. The number of halogens is 1. The SMILES string of the molecule is O=C1CCNCCN1c1cccc(Cl)c1. The Bertz CT molecular complexity index is 367. The Morgan fingerprint density at radius 1 is 1.33 bits per heavy atom. The van der Waals surface area contributed by atoms with Crippen molar-refractivity contribution in [3.8, 4) is 0 Å². The predicted molar refractivity (Wildman–Crippen MR) is 61.3 cm³/mol. The number of benzene rings is 1. The lowest BCUT2D eigenvalue weighted by Crippen LogP contribution is -2.32. The maximum atomic E-state index is 11.8. The molecule has 0 aliphatic carbocycles. The number of carbonyl (C=O) groups excluding carboxylic acids is 1. The first-order chi connectivity index (χ1) is 7.27. The van der Waals surface area contributed by atoms with Crippen molar-refractivity contribution in [1.29, 1.82) is 0 Å². The molecule has 1 aliphatic heterocycles. The van der Waals surface area contributed by atoms with Crippen molar-refractivity contribution in [2.75, 3.05) is 24.5 Å². The lowest BCUT2D eigenvalue weighted by Gasteiger charge is -2.20. The van der Waals surface area contributed by atoms with E-state index in [1.165, 1.54) is 0 Å². The van der Waals surface area contributed by atoms with Crippen LogP contribution in [0, 0.1) is 0 Å². The zero-order valence-corrected chi connectivity index (χ0v) is 9.13. The predicted octanol–water partition coefficient (Wildman–Crippen LogP) is 1.67. The quantitative estimate of drug-likeness (QED) is 0.787. The van der Waals surface area contributed by atoms with Crippen LogP contribution in [0.1, 0.15) is 6.42 Å². The number of rotatable bonds is 1. The topological polar surface area (TPSA) is 32.3 Å². The lowest BCUT2D eigenvalue weighted by atomic mass is 10.2. The smallest absolute Gasteiger partial charge is 0.228 e. The van der Waals surface area contributed by atoms with Gasteiger partial charge in [0.15, 0.2) is 0 Å². The van der Waals surface area contributed by atoms with E-state index in [4.69, 9.17) is 11.6 Å². The van der Waals surface area contributed by atoms with Crippen LogP contribution in [-0.2, 0) is 4.79 Å². The highest BCUT2D eigenvalue weighted by Gasteiger charge is 2.17. The second kappa shape index (κ2) is 4.64. The zero-order chi connectivity index (χ0) is 10.7. The third kappa shape index (κ3) is 2.49. The Kier molecular flexibility index (Phi) is 3.23. The van der Waals surface area contributed by atoms with Gasteiger partial charge in [0.1, 0.15) is 0 Å².